The van der Waals surface area contributed by atoms with E-state index in [1.54, 1.807) is 6.07 Å². The Labute approximate surface area is 246 Å². The van der Waals surface area contributed by atoms with Crippen LogP contribution in [0.15, 0.2) is 72.8 Å². The van der Waals surface area contributed by atoms with Gasteiger partial charge in [0.1, 0.15) is 24.2 Å². The van der Waals surface area contributed by atoms with Crippen LogP contribution in [-0.2, 0) is 32.6 Å². The minimum absolute atomic E-state index is 0.0595. The molecule has 3 aromatic rings. The van der Waals surface area contributed by atoms with Crippen molar-refractivity contribution in [2.75, 3.05) is 30.8 Å². The molecule has 0 aliphatic carbocycles. The molecule has 0 saturated heterocycles. The summed E-state index contributed by atoms with van der Waals surface area (Å²) >= 11 is 6.17. The highest BCUT2D eigenvalue weighted by Crippen LogP contribution is 2.33. The Morgan fingerprint density at radius 3 is 2.24 bits per heavy atom. The molecular formula is C30H35ClFN3O5S. The lowest BCUT2D eigenvalue weighted by Crippen LogP contribution is -2.53. The van der Waals surface area contributed by atoms with Crippen LogP contribution < -0.4 is 14.4 Å². The number of nitrogens with one attached hydrogen (secondary N) is 1. The van der Waals surface area contributed by atoms with Gasteiger partial charge >= 0.3 is 0 Å². The molecule has 3 aromatic carbocycles. The number of benzene rings is 3. The predicted octanol–water partition coefficient (Wildman–Crippen LogP) is 4.67. The second kappa shape index (κ2) is 14.3. The van der Waals surface area contributed by atoms with E-state index in [9.17, 15) is 22.4 Å². The van der Waals surface area contributed by atoms with Crippen molar-refractivity contribution in [3.05, 3.63) is 94.8 Å². The molecule has 41 heavy (non-hydrogen) atoms. The van der Waals surface area contributed by atoms with Crippen LogP contribution in [0.4, 0.5) is 10.1 Å². The highest BCUT2D eigenvalue weighted by molar-refractivity contribution is 7.92. The number of sulfonamides is 1. The Morgan fingerprint density at radius 2 is 1.66 bits per heavy atom. The fourth-order valence-electron chi connectivity index (χ4n) is 4.22. The summed E-state index contributed by atoms with van der Waals surface area (Å²) < 4.78 is 45.9. The van der Waals surface area contributed by atoms with E-state index in [0.717, 1.165) is 16.1 Å². The van der Waals surface area contributed by atoms with Crippen molar-refractivity contribution < 1.29 is 27.1 Å². The van der Waals surface area contributed by atoms with E-state index in [4.69, 9.17) is 16.3 Å². The zero-order chi connectivity index (χ0) is 30.2. The number of rotatable bonds is 13. The first-order chi connectivity index (χ1) is 19.4. The molecule has 1 unspecified atom stereocenters. The third kappa shape index (κ3) is 9.19. The largest absolute Gasteiger partial charge is 0.495 e. The second-order valence-corrected chi connectivity index (χ2v) is 12.4. The summed E-state index contributed by atoms with van der Waals surface area (Å²) in [5.41, 5.74) is 1.47. The van der Waals surface area contributed by atoms with Gasteiger partial charge in [0, 0.05) is 24.5 Å². The van der Waals surface area contributed by atoms with Crippen LogP contribution in [0.1, 0.15) is 25.0 Å². The van der Waals surface area contributed by atoms with Gasteiger partial charge in [0.15, 0.2) is 0 Å². The number of hydrogen-bond donors (Lipinski definition) is 1. The molecule has 0 aliphatic rings. The Kier molecular flexibility index (Phi) is 11.1. The van der Waals surface area contributed by atoms with Gasteiger partial charge in [-0.1, -0.05) is 67.9 Å². The minimum atomic E-state index is -4.00. The molecule has 0 aromatic heterocycles. The van der Waals surface area contributed by atoms with Gasteiger partial charge in [0.05, 0.1) is 19.1 Å². The number of carbonyl (C=O) groups is 2. The van der Waals surface area contributed by atoms with Gasteiger partial charge in [-0.3, -0.25) is 13.9 Å². The topological polar surface area (TPSA) is 96.0 Å². The fourth-order valence-corrected chi connectivity index (χ4v) is 5.23. The summed E-state index contributed by atoms with van der Waals surface area (Å²) in [4.78, 5) is 29.0. The average Bonchev–Trinajstić information content (AvgIpc) is 2.93. The zero-order valence-electron chi connectivity index (χ0n) is 23.5. The van der Waals surface area contributed by atoms with Crippen LogP contribution in [0.3, 0.4) is 0 Å². The van der Waals surface area contributed by atoms with Gasteiger partial charge in [0.2, 0.25) is 21.8 Å². The molecule has 2 amide bonds. The molecule has 0 fully saturated rings. The maximum atomic E-state index is 14.1. The third-order valence-corrected chi connectivity index (χ3v) is 7.67. The lowest BCUT2D eigenvalue weighted by Gasteiger charge is -2.34. The number of hydrogen-bond acceptors (Lipinski definition) is 5. The van der Waals surface area contributed by atoms with E-state index in [1.807, 2.05) is 44.2 Å². The molecule has 0 spiro atoms. The van der Waals surface area contributed by atoms with Crippen molar-refractivity contribution in [2.24, 2.45) is 5.92 Å². The second-order valence-electron chi connectivity index (χ2n) is 10.1. The summed E-state index contributed by atoms with van der Waals surface area (Å²) in [6.07, 6.45) is 1.15. The molecule has 0 heterocycles. The molecule has 0 bridgehead atoms. The highest BCUT2D eigenvalue weighted by atomic mass is 35.5. The normalized spacial score (nSPS) is 12.1. The Hall–Kier alpha value is -3.63. The van der Waals surface area contributed by atoms with Crippen LogP contribution >= 0.6 is 11.6 Å². The minimum Gasteiger partial charge on any atom is -0.495 e. The smallest absolute Gasteiger partial charge is 0.244 e. The molecule has 1 N–H and O–H groups in total. The molecule has 8 nitrogen and oxygen atoms in total. The van der Waals surface area contributed by atoms with Crippen LogP contribution in [0.25, 0.3) is 0 Å². The number of nitrogens with zero attached hydrogens (tertiary/aromatic N) is 2. The molecule has 1 atom stereocenters. The van der Waals surface area contributed by atoms with Crippen LogP contribution in [0.2, 0.25) is 5.02 Å². The maximum absolute atomic E-state index is 14.1. The Morgan fingerprint density at radius 1 is 1.00 bits per heavy atom. The molecule has 3 rings (SSSR count). The molecule has 0 radical (unpaired) electrons. The van der Waals surface area contributed by atoms with Gasteiger partial charge in [-0.15, -0.1) is 0 Å². The first-order valence-electron chi connectivity index (χ1n) is 13.1. The van der Waals surface area contributed by atoms with Crippen molar-refractivity contribution in [3.8, 4) is 5.75 Å². The number of ether oxygens (including phenoxy) is 1. The van der Waals surface area contributed by atoms with E-state index in [1.165, 1.54) is 48.4 Å². The first kappa shape index (κ1) is 31.9. The lowest BCUT2D eigenvalue weighted by atomic mass is 10.0. The van der Waals surface area contributed by atoms with Gasteiger partial charge in [-0.05, 0) is 47.4 Å². The van der Waals surface area contributed by atoms with Crippen LogP contribution in [0, 0.1) is 11.7 Å². The standard InChI is InChI=1S/C30H35ClFN3O5S/c1-21(2)18-33-30(37)27(16-22-8-6-5-7-9-22)34(19-23-10-13-25(32)14-11-23)29(36)20-35(41(4,38)39)26-17-24(31)12-15-28(26)40-3/h5-15,17,21,27H,16,18-20H2,1-4H3,(H,33,37). The summed E-state index contributed by atoms with van der Waals surface area (Å²) in [6.45, 7) is 3.61. The Bertz CT molecular complexity index is 1440. The first-order valence-corrected chi connectivity index (χ1v) is 15.3. The van der Waals surface area contributed by atoms with E-state index in [-0.39, 0.29) is 41.3 Å². The van der Waals surface area contributed by atoms with Gasteiger partial charge in [-0.25, -0.2) is 12.8 Å². The average molecular weight is 604 g/mol. The lowest BCUT2D eigenvalue weighted by molar-refractivity contribution is -0.140. The predicted molar refractivity (Wildman–Crippen MR) is 159 cm³/mol. The summed E-state index contributed by atoms with van der Waals surface area (Å²) in [5.74, 6) is -1.10. The van der Waals surface area contributed by atoms with E-state index >= 15 is 0 Å². The molecule has 11 heteroatoms. The van der Waals surface area contributed by atoms with E-state index in [0.29, 0.717) is 12.1 Å². The molecule has 220 valence electrons. The van der Waals surface area contributed by atoms with Crippen molar-refractivity contribution in [1.29, 1.82) is 0 Å². The van der Waals surface area contributed by atoms with Crippen molar-refractivity contribution in [2.45, 2.75) is 32.9 Å². The highest BCUT2D eigenvalue weighted by Gasteiger charge is 2.33. The maximum Gasteiger partial charge on any atom is 0.244 e. The number of anilines is 1. The van der Waals surface area contributed by atoms with E-state index in [2.05, 4.69) is 5.32 Å². The molecular weight excluding hydrogens is 569 g/mol. The van der Waals surface area contributed by atoms with Crippen molar-refractivity contribution >= 4 is 39.1 Å². The summed E-state index contributed by atoms with van der Waals surface area (Å²) in [5, 5.41) is 3.16. The number of methoxy groups -OCH3 is 1. The van der Waals surface area contributed by atoms with Gasteiger partial charge in [0.25, 0.3) is 0 Å². The number of amides is 2. The van der Waals surface area contributed by atoms with Crippen LogP contribution in [-0.4, -0.2) is 57.6 Å². The Balaban J connectivity index is 2.08. The monoisotopic (exact) mass is 603 g/mol. The van der Waals surface area contributed by atoms with Gasteiger partial charge in [-0.2, -0.15) is 0 Å². The number of carbonyl (C=O) groups excluding carboxylic acids is 2. The SMILES string of the molecule is COc1ccc(Cl)cc1N(CC(=O)N(Cc1ccc(F)cc1)C(Cc1ccccc1)C(=O)NCC(C)C)S(C)(=O)=O. The number of halogens is 2. The zero-order valence-corrected chi connectivity index (χ0v) is 25.1. The fraction of sp³-hybridized carbons (Fsp3) is 0.333. The summed E-state index contributed by atoms with van der Waals surface area (Å²) in [7, 11) is -2.62. The molecule has 0 saturated carbocycles. The third-order valence-electron chi connectivity index (χ3n) is 6.31. The van der Waals surface area contributed by atoms with E-state index < -0.39 is 34.3 Å². The summed E-state index contributed by atoms with van der Waals surface area (Å²) in [6, 6.07) is 18.3. The van der Waals surface area contributed by atoms with Crippen molar-refractivity contribution in [1.82, 2.24) is 10.2 Å². The molecule has 0 aliphatic heterocycles. The van der Waals surface area contributed by atoms with Gasteiger partial charge < -0.3 is 15.0 Å². The van der Waals surface area contributed by atoms with Crippen LogP contribution in [0.5, 0.6) is 5.75 Å². The van der Waals surface area contributed by atoms with Crippen molar-refractivity contribution in [3.63, 3.8) is 0 Å². The quantitative estimate of drug-likeness (QED) is 0.306.